The van der Waals surface area contributed by atoms with E-state index in [0.717, 1.165) is 24.9 Å². The van der Waals surface area contributed by atoms with Crippen LogP contribution in [0.2, 0.25) is 0 Å². The highest BCUT2D eigenvalue weighted by Gasteiger charge is 2.11. The van der Waals surface area contributed by atoms with Crippen LogP contribution in [-0.2, 0) is 13.0 Å². The van der Waals surface area contributed by atoms with E-state index in [1.165, 1.54) is 11.1 Å². The topological polar surface area (TPSA) is 55.9 Å². The van der Waals surface area contributed by atoms with Gasteiger partial charge in [-0.3, -0.25) is 16.0 Å². The van der Waals surface area contributed by atoms with Crippen molar-refractivity contribution in [1.29, 1.82) is 0 Å². The number of aryl methyl sites for hydroxylation is 3. The van der Waals surface area contributed by atoms with Crippen molar-refractivity contribution in [2.24, 2.45) is 5.84 Å². The number of rotatable bonds is 6. The van der Waals surface area contributed by atoms with Crippen LogP contribution in [0.4, 0.5) is 0 Å². The minimum absolute atomic E-state index is 0.154. The summed E-state index contributed by atoms with van der Waals surface area (Å²) >= 11 is 0. The van der Waals surface area contributed by atoms with Crippen LogP contribution in [0.3, 0.4) is 0 Å². The summed E-state index contributed by atoms with van der Waals surface area (Å²) in [4.78, 5) is 0. The molecule has 0 saturated heterocycles. The molecule has 0 aliphatic rings. The Hall–Kier alpha value is -1.65. The number of nitrogens with one attached hydrogen (secondary N) is 1. The molecule has 1 aromatic carbocycles. The second-order valence-electron chi connectivity index (χ2n) is 4.87. The lowest BCUT2D eigenvalue weighted by Crippen LogP contribution is -2.28. The van der Waals surface area contributed by atoms with Gasteiger partial charge in [-0.15, -0.1) is 0 Å². The lowest BCUT2D eigenvalue weighted by molar-refractivity contribution is 0.515. The van der Waals surface area contributed by atoms with Gasteiger partial charge in [0.05, 0.1) is 6.20 Å². The number of hydrazine groups is 1. The van der Waals surface area contributed by atoms with Crippen molar-refractivity contribution in [3.8, 4) is 0 Å². The number of hydrogen-bond donors (Lipinski definition) is 2. The maximum absolute atomic E-state index is 5.66. The van der Waals surface area contributed by atoms with Gasteiger partial charge >= 0.3 is 0 Å². The van der Waals surface area contributed by atoms with Crippen LogP contribution < -0.4 is 11.3 Å². The molecule has 1 atom stereocenters. The van der Waals surface area contributed by atoms with Gasteiger partial charge in [0.25, 0.3) is 0 Å². The van der Waals surface area contributed by atoms with Crippen molar-refractivity contribution >= 4 is 0 Å². The van der Waals surface area contributed by atoms with Gasteiger partial charge in [-0.2, -0.15) is 5.10 Å². The molecule has 4 heteroatoms. The van der Waals surface area contributed by atoms with Gasteiger partial charge in [-0.1, -0.05) is 29.8 Å². The molecule has 2 rings (SSSR count). The summed E-state index contributed by atoms with van der Waals surface area (Å²) in [5, 5.41) is 4.29. The van der Waals surface area contributed by atoms with Crippen molar-refractivity contribution in [2.75, 3.05) is 0 Å². The molecule has 19 heavy (non-hydrogen) atoms. The molecule has 4 nitrogen and oxygen atoms in total. The maximum atomic E-state index is 5.66. The van der Waals surface area contributed by atoms with Crippen LogP contribution in [0, 0.1) is 6.92 Å². The van der Waals surface area contributed by atoms with E-state index in [1.54, 1.807) is 0 Å². The van der Waals surface area contributed by atoms with Gasteiger partial charge in [0.2, 0.25) is 0 Å². The quantitative estimate of drug-likeness (QED) is 0.617. The van der Waals surface area contributed by atoms with Crippen LogP contribution in [0.1, 0.15) is 36.1 Å². The molecule has 1 unspecified atom stereocenters. The summed E-state index contributed by atoms with van der Waals surface area (Å²) in [7, 11) is 0. The molecule has 0 aliphatic carbocycles. The van der Waals surface area contributed by atoms with Gasteiger partial charge in [-0.25, -0.2) is 0 Å². The van der Waals surface area contributed by atoms with Gasteiger partial charge in [0, 0.05) is 24.3 Å². The van der Waals surface area contributed by atoms with Crippen LogP contribution in [-0.4, -0.2) is 9.78 Å². The Morgan fingerprint density at radius 1 is 1.32 bits per heavy atom. The largest absolute Gasteiger partial charge is 0.273 e. The average Bonchev–Trinajstić information content (AvgIpc) is 2.90. The zero-order valence-corrected chi connectivity index (χ0v) is 11.6. The Kier molecular flexibility index (Phi) is 4.71. The molecule has 0 spiro atoms. The highest BCUT2D eigenvalue weighted by atomic mass is 15.3. The van der Waals surface area contributed by atoms with Crippen LogP contribution in [0.25, 0.3) is 0 Å². The van der Waals surface area contributed by atoms with Crippen LogP contribution in [0.15, 0.2) is 36.7 Å². The third kappa shape index (κ3) is 3.66. The molecule has 2 aromatic rings. The zero-order valence-electron chi connectivity index (χ0n) is 11.6. The number of nitrogens with zero attached hydrogens (tertiary/aromatic N) is 2. The Morgan fingerprint density at radius 2 is 2.05 bits per heavy atom. The average molecular weight is 258 g/mol. The van der Waals surface area contributed by atoms with Crippen molar-refractivity contribution in [2.45, 2.75) is 39.3 Å². The van der Waals surface area contributed by atoms with Crippen LogP contribution >= 0.6 is 0 Å². The van der Waals surface area contributed by atoms with E-state index < -0.39 is 0 Å². The number of hydrogen-bond acceptors (Lipinski definition) is 3. The minimum atomic E-state index is 0.154. The first-order valence-corrected chi connectivity index (χ1v) is 6.77. The second-order valence-corrected chi connectivity index (χ2v) is 4.87. The standard InChI is InChI=1S/C15H22N4/c1-3-19-11-14(10-17-19)15(18-16)9-8-13-6-4-12(2)5-7-13/h4-7,10-11,15,18H,3,8-9,16H2,1-2H3. The molecule has 3 N–H and O–H groups in total. The minimum Gasteiger partial charge on any atom is -0.273 e. The summed E-state index contributed by atoms with van der Waals surface area (Å²) in [6.07, 6.45) is 5.92. The SMILES string of the molecule is CCn1cc(C(CCc2ccc(C)cc2)NN)cn1. The smallest absolute Gasteiger partial charge is 0.0538 e. The monoisotopic (exact) mass is 258 g/mol. The normalized spacial score (nSPS) is 12.6. The molecule has 0 radical (unpaired) electrons. The second kappa shape index (κ2) is 6.50. The molecule has 0 fully saturated rings. The predicted molar refractivity (Wildman–Crippen MR) is 77.5 cm³/mol. The van der Waals surface area contributed by atoms with Crippen molar-refractivity contribution in [1.82, 2.24) is 15.2 Å². The Bertz CT molecular complexity index is 501. The van der Waals surface area contributed by atoms with Gasteiger partial charge in [0.1, 0.15) is 0 Å². The van der Waals surface area contributed by atoms with E-state index >= 15 is 0 Å². The van der Waals surface area contributed by atoms with E-state index in [4.69, 9.17) is 5.84 Å². The van der Waals surface area contributed by atoms with E-state index in [9.17, 15) is 0 Å². The Morgan fingerprint density at radius 3 is 2.63 bits per heavy atom. The highest BCUT2D eigenvalue weighted by molar-refractivity contribution is 5.22. The lowest BCUT2D eigenvalue weighted by Gasteiger charge is -2.14. The first-order valence-electron chi connectivity index (χ1n) is 6.77. The molecule has 0 aliphatic heterocycles. The maximum Gasteiger partial charge on any atom is 0.0538 e. The van der Waals surface area contributed by atoms with E-state index in [0.29, 0.717) is 0 Å². The Balaban J connectivity index is 1.97. The van der Waals surface area contributed by atoms with Crippen molar-refractivity contribution < 1.29 is 0 Å². The molecule has 0 saturated carbocycles. The van der Waals surface area contributed by atoms with Gasteiger partial charge in [0.15, 0.2) is 0 Å². The summed E-state index contributed by atoms with van der Waals surface area (Å²) in [6, 6.07) is 8.81. The van der Waals surface area contributed by atoms with Gasteiger partial charge < -0.3 is 0 Å². The first-order chi connectivity index (χ1) is 9.22. The molecular formula is C15H22N4. The summed E-state index contributed by atoms with van der Waals surface area (Å²) in [5.41, 5.74) is 6.67. The summed E-state index contributed by atoms with van der Waals surface area (Å²) < 4.78 is 1.92. The van der Waals surface area contributed by atoms with E-state index in [-0.39, 0.29) is 6.04 Å². The number of benzene rings is 1. The Labute approximate surface area is 114 Å². The van der Waals surface area contributed by atoms with Crippen molar-refractivity contribution in [3.05, 3.63) is 53.3 Å². The fourth-order valence-corrected chi connectivity index (χ4v) is 2.14. The molecule has 102 valence electrons. The summed E-state index contributed by atoms with van der Waals surface area (Å²) in [6.45, 7) is 5.07. The summed E-state index contributed by atoms with van der Waals surface area (Å²) in [5.74, 6) is 5.66. The molecule has 0 amide bonds. The van der Waals surface area contributed by atoms with E-state index in [2.05, 4.69) is 54.8 Å². The third-order valence-corrected chi connectivity index (χ3v) is 3.42. The fraction of sp³-hybridized carbons (Fsp3) is 0.400. The zero-order chi connectivity index (χ0) is 13.7. The molecular weight excluding hydrogens is 236 g/mol. The van der Waals surface area contributed by atoms with E-state index in [1.807, 2.05) is 10.9 Å². The van der Waals surface area contributed by atoms with Crippen LogP contribution in [0.5, 0.6) is 0 Å². The molecule has 1 aromatic heterocycles. The molecule has 1 heterocycles. The third-order valence-electron chi connectivity index (χ3n) is 3.42. The fourth-order valence-electron chi connectivity index (χ4n) is 2.14. The highest BCUT2D eigenvalue weighted by Crippen LogP contribution is 2.18. The first kappa shape index (κ1) is 13.8. The van der Waals surface area contributed by atoms with Gasteiger partial charge in [-0.05, 0) is 32.3 Å². The lowest BCUT2D eigenvalue weighted by atomic mass is 10.0. The van der Waals surface area contributed by atoms with Crippen molar-refractivity contribution in [3.63, 3.8) is 0 Å². The molecule has 0 bridgehead atoms. The predicted octanol–water partition coefficient (Wildman–Crippen LogP) is 2.35. The number of nitrogens with two attached hydrogens (primary N) is 1. The number of aromatic nitrogens is 2.